The van der Waals surface area contributed by atoms with Gasteiger partial charge in [-0.05, 0) is 41.3 Å². The maximum Gasteiger partial charge on any atom is 0.160 e. The quantitative estimate of drug-likeness (QED) is 0.775. The number of fused-ring (bicyclic) bond motifs is 1. The normalized spacial score (nSPS) is 23.2. The summed E-state index contributed by atoms with van der Waals surface area (Å²) in [5.41, 5.74) is 1.97. The number of imidazole rings is 1. The number of pyridine rings is 1. The summed E-state index contributed by atoms with van der Waals surface area (Å²) in [6.45, 7) is 2.33. The van der Waals surface area contributed by atoms with Crippen molar-refractivity contribution in [3.05, 3.63) is 22.6 Å². The molecule has 1 aliphatic heterocycles. The number of nitrogens with zero attached hydrogens (tertiary/aromatic N) is 4. The number of likely N-dealkylation sites (tertiary alicyclic amines) is 1. The lowest BCUT2D eigenvalue weighted by Gasteiger charge is -2.18. The summed E-state index contributed by atoms with van der Waals surface area (Å²) in [4.78, 5) is 12.0. The molecule has 1 atom stereocenters. The highest BCUT2D eigenvalue weighted by atomic mass is 79.9. The van der Waals surface area contributed by atoms with Gasteiger partial charge in [0.15, 0.2) is 5.65 Å². The molecule has 1 saturated carbocycles. The molecule has 3 heterocycles. The summed E-state index contributed by atoms with van der Waals surface area (Å²) in [6, 6.07) is 3.37. The van der Waals surface area contributed by atoms with Gasteiger partial charge in [0, 0.05) is 42.1 Å². The fourth-order valence-corrected chi connectivity index (χ4v) is 3.89. The second kappa shape index (κ2) is 5.52. The lowest BCUT2D eigenvalue weighted by molar-refractivity contribution is 0.313. The Morgan fingerprint density at radius 2 is 2.14 bits per heavy atom. The van der Waals surface area contributed by atoms with Crippen LogP contribution < -0.4 is 0 Å². The van der Waals surface area contributed by atoms with Crippen molar-refractivity contribution in [3.63, 3.8) is 0 Å². The van der Waals surface area contributed by atoms with Gasteiger partial charge in [-0.25, -0.2) is 9.97 Å². The number of aryl methyl sites for hydroxylation is 1. The van der Waals surface area contributed by atoms with Crippen LogP contribution >= 0.6 is 27.5 Å². The standard InChI is InChI=1S/C15H18BrClN4/c16-10-7-13-15(18-8-10)21(14(19-13)3-5-17)12-4-6-20(9-12)11-1-2-11/h7-8,11-12H,1-6,9H2. The van der Waals surface area contributed by atoms with Crippen LogP contribution in [0.2, 0.25) is 0 Å². The van der Waals surface area contributed by atoms with Crippen molar-refractivity contribution in [2.75, 3.05) is 19.0 Å². The molecule has 4 rings (SSSR count). The molecule has 21 heavy (non-hydrogen) atoms. The minimum atomic E-state index is 0.488. The van der Waals surface area contributed by atoms with Crippen molar-refractivity contribution >= 4 is 38.7 Å². The zero-order chi connectivity index (χ0) is 14.4. The largest absolute Gasteiger partial charge is 0.308 e. The molecule has 0 N–H and O–H groups in total. The lowest BCUT2D eigenvalue weighted by atomic mass is 10.2. The molecule has 0 amide bonds. The van der Waals surface area contributed by atoms with Crippen molar-refractivity contribution in [3.8, 4) is 0 Å². The molecule has 4 nitrogen and oxygen atoms in total. The van der Waals surface area contributed by atoms with Gasteiger partial charge in [0.25, 0.3) is 0 Å². The van der Waals surface area contributed by atoms with E-state index >= 15 is 0 Å². The van der Waals surface area contributed by atoms with Crippen LogP contribution in [0.25, 0.3) is 11.2 Å². The van der Waals surface area contributed by atoms with Crippen LogP contribution in [0.3, 0.4) is 0 Å². The van der Waals surface area contributed by atoms with Crippen LogP contribution in [-0.4, -0.2) is 44.4 Å². The smallest absolute Gasteiger partial charge is 0.160 e. The van der Waals surface area contributed by atoms with Crippen molar-refractivity contribution in [1.29, 1.82) is 0 Å². The van der Waals surface area contributed by atoms with E-state index in [-0.39, 0.29) is 0 Å². The lowest BCUT2D eigenvalue weighted by Crippen LogP contribution is -2.24. The van der Waals surface area contributed by atoms with Gasteiger partial charge in [-0.2, -0.15) is 0 Å². The first-order valence-corrected chi connectivity index (χ1v) is 8.91. The van der Waals surface area contributed by atoms with Gasteiger partial charge in [0.1, 0.15) is 11.3 Å². The first-order valence-electron chi connectivity index (χ1n) is 7.58. The van der Waals surface area contributed by atoms with Gasteiger partial charge in [-0.15, -0.1) is 11.6 Å². The molecule has 0 bridgehead atoms. The van der Waals surface area contributed by atoms with E-state index < -0.39 is 0 Å². The summed E-state index contributed by atoms with van der Waals surface area (Å²) in [5.74, 6) is 1.68. The van der Waals surface area contributed by atoms with Crippen molar-refractivity contribution in [2.24, 2.45) is 0 Å². The number of aromatic nitrogens is 3. The zero-order valence-electron chi connectivity index (χ0n) is 11.8. The topological polar surface area (TPSA) is 34.0 Å². The number of hydrogen-bond acceptors (Lipinski definition) is 3. The Morgan fingerprint density at radius 1 is 1.29 bits per heavy atom. The summed E-state index contributed by atoms with van der Waals surface area (Å²) in [6.07, 6.45) is 6.59. The fraction of sp³-hybridized carbons (Fsp3) is 0.600. The third-order valence-corrected chi connectivity index (χ3v) is 5.13. The second-order valence-electron chi connectivity index (χ2n) is 6.00. The van der Waals surface area contributed by atoms with Crippen LogP contribution in [0, 0.1) is 0 Å². The molecular weight excluding hydrogens is 352 g/mol. The summed E-state index contributed by atoms with van der Waals surface area (Å²) >= 11 is 9.45. The monoisotopic (exact) mass is 368 g/mol. The molecule has 2 aliphatic rings. The van der Waals surface area contributed by atoms with Gasteiger partial charge >= 0.3 is 0 Å². The SMILES string of the molecule is ClCCc1nc2cc(Br)cnc2n1C1CCN(C2CC2)C1. The second-order valence-corrected chi connectivity index (χ2v) is 7.30. The van der Waals surface area contributed by atoms with E-state index in [1.807, 2.05) is 12.3 Å². The molecule has 2 aromatic heterocycles. The summed E-state index contributed by atoms with van der Waals surface area (Å²) in [5, 5.41) is 0. The Morgan fingerprint density at radius 3 is 2.90 bits per heavy atom. The van der Waals surface area contributed by atoms with Crippen molar-refractivity contribution in [2.45, 2.75) is 37.8 Å². The van der Waals surface area contributed by atoms with Gasteiger partial charge < -0.3 is 4.57 Å². The molecule has 2 fully saturated rings. The molecule has 0 spiro atoms. The molecule has 6 heteroatoms. The molecule has 2 aromatic rings. The number of hydrogen-bond donors (Lipinski definition) is 0. The molecule has 0 aromatic carbocycles. The predicted octanol–water partition coefficient (Wildman–Crippen LogP) is 3.38. The van der Waals surface area contributed by atoms with E-state index in [0.29, 0.717) is 11.9 Å². The van der Waals surface area contributed by atoms with E-state index in [1.165, 1.54) is 25.8 Å². The van der Waals surface area contributed by atoms with Gasteiger partial charge in [-0.1, -0.05) is 0 Å². The Bertz CT molecular complexity index is 667. The predicted molar refractivity (Wildman–Crippen MR) is 87.9 cm³/mol. The van der Waals surface area contributed by atoms with E-state index in [9.17, 15) is 0 Å². The third kappa shape index (κ3) is 2.60. The Labute approximate surface area is 137 Å². The van der Waals surface area contributed by atoms with Gasteiger partial charge in [-0.3, -0.25) is 4.90 Å². The Kier molecular flexibility index (Phi) is 3.67. The third-order valence-electron chi connectivity index (χ3n) is 4.51. The molecule has 0 radical (unpaired) electrons. The first-order chi connectivity index (χ1) is 10.3. The van der Waals surface area contributed by atoms with Crippen molar-refractivity contribution < 1.29 is 0 Å². The number of rotatable bonds is 4. The van der Waals surface area contributed by atoms with Crippen molar-refractivity contribution in [1.82, 2.24) is 19.4 Å². The number of alkyl halides is 1. The molecule has 1 saturated heterocycles. The minimum Gasteiger partial charge on any atom is -0.308 e. The zero-order valence-corrected chi connectivity index (χ0v) is 14.1. The highest BCUT2D eigenvalue weighted by Crippen LogP contribution is 2.35. The fourth-order valence-electron chi connectivity index (χ4n) is 3.40. The Balaban J connectivity index is 1.73. The van der Waals surface area contributed by atoms with Crippen LogP contribution in [0.5, 0.6) is 0 Å². The van der Waals surface area contributed by atoms with E-state index in [2.05, 4.69) is 30.4 Å². The van der Waals surface area contributed by atoms with E-state index in [4.69, 9.17) is 16.6 Å². The van der Waals surface area contributed by atoms with Gasteiger partial charge in [0.2, 0.25) is 0 Å². The summed E-state index contributed by atoms with van der Waals surface area (Å²) < 4.78 is 3.31. The summed E-state index contributed by atoms with van der Waals surface area (Å²) in [7, 11) is 0. The molecular formula is C15H18BrClN4. The van der Waals surface area contributed by atoms with Crippen LogP contribution in [-0.2, 0) is 6.42 Å². The van der Waals surface area contributed by atoms with Gasteiger partial charge in [0.05, 0.1) is 6.04 Å². The average Bonchev–Trinajstić information content (AvgIpc) is 3.10. The molecule has 1 aliphatic carbocycles. The minimum absolute atomic E-state index is 0.488. The highest BCUT2D eigenvalue weighted by molar-refractivity contribution is 9.10. The van der Waals surface area contributed by atoms with E-state index in [0.717, 1.165) is 40.5 Å². The maximum atomic E-state index is 5.97. The maximum absolute atomic E-state index is 5.97. The average molecular weight is 370 g/mol. The number of halogens is 2. The highest BCUT2D eigenvalue weighted by Gasteiger charge is 2.36. The first kappa shape index (κ1) is 14.0. The molecule has 1 unspecified atom stereocenters. The molecule has 112 valence electrons. The van der Waals surface area contributed by atoms with Crippen LogP contribution in [0.1, 0.15) is 31.1 Å². The van der Waals surface area contributed by atoms with Crippen LogP contribution in [0.15, 0.2) is 16.7 Å². The Hall–Kier alpha value is -0.650. The van der Waals surface area contributed by atoms with E-state index in [1.54, 1.807) is 0 Å². The van der Waals surface area contributed by atoms with Crippen LogP contribution in [0.4, 0.5) is 0 Å².